The van der Waals surface area contributed by atoms with Gasteiger partial charge in [-0.2, -0.15) is 4.98 Å². The van der Waals surface area contributed by atoms with Crippen LogP contribution in [0.2, 0.25) is 0 Å². The average Bonchev–Trinajstić information content (AvgIpc) is 3.11. The second kappa shape index (κ2) is 8.60. The zero-order chi connectivity index (χ0) is 21.8. The fraction of sp³-hybridized carbons (Fsp3) is 0.190. The first-order chi connectivity index (χ1) is 14.9. The molecule has 4 rings (SSSR count). The summed E-state index contributed by atoms with van der Waals surface area (Å²) in [5.74, 6) is 0.918. The predicted octanol–water partition coefficient (Wildman–Crippen LogP) is 4.04. The molecule has 0 aliphatic carbocycles. The summed E-state index contributed by atoms with van der Waals surface area (Å²) in [7, 11) is -3.66. The maximum Gasteiger partial charge on any atom is 0.238 e. The highest BCUT2D eigenvalue weighted by atomic mass is 32.2. The minimum absolute atomic E-state index is 0.280. The van der Waals surface area contributed by atoms with E-state index in [2.05, 4.69) is 30.5 Å². The number of fused-ring (bicyclic) bond motifs is 1. The first-order valence-electron chi connectivity index (χ1n) is 9.72. The highest BCUT2D eigenvalue weighted by Gasteiger charge is 2.17. The van der Waals surface area contributed by atoms with Gasteiger partial charge in [-0.1, -0.05) is 17.3 Å². The Morgan fingerprint density at radius 1 is 1.00 bits per heavy atom. The van der Waals surface area contributed by atoms with Crippen molar-refractivity contribution in [3.05, 3.63) is 66.0 Å². The van der Waals surface area contributed by atoms with E-state index >= 15 is 0 Å². The predicted molar refractivity (Wildman–Crippen MR) is 121 cm³/mol. The van der Waals surface area contributed by atoms with Crippen molar-refractivity contribution < 1.29 is 12.9 Å². The monoisotopic (exact) mass is 438 g/mol. The van der Waals surface area contributed by atoms with Crippen LogP contribution in [-0.4, -0.2) is 30.1 Å². The molecular weight excluding hydrogens is 416 g/mol. The third-order valence-corrected chi connectivity index (χ3v) is 5.60. The van der Waals surface area contributed by atoms with Crippen LogP contribution in [0.4, 0.5) is 23.1 Å². The zero-order valence-corrected chi connectivity index (χ0v) is 17.9. The third kappa shape index (κ3) is 5.10. The van der Waals surface area contributed by atoms with Crippen LogP contribution in [0.15, 0.2) is 59.1 Å². The molecule has 4 aromatic rings. The van der Waals surface area contributed by atoms with Crippen molar-refractivity contribution in [1.82, 2.24) is 15.1 Å². The van der Waals surface area contributed by atoms with Gasteiger partial charge in [0.05, 0.1) is 0 Å². The molecule has 0 unspecified atom stereocenters. The fourth-order valence-corrected chi connectivity index (χ4v) is 4.21. The summed E-state index contributed by atoms with van der Waals surface area (Å²) in [6.45, 7) is 4.59. The Morgan fingerprint density at radius 3 is 2.52 bits per heavy atom. The number of para-hydroxylation sites is 1. The summed E-state index contributed by atoms with van der Waals surface area (Å²) < 4.78 is 32.9. The minimum Gasteiger partial charge on any atom is -0.356 e. The molecule has 2 heterocycles. The largest absolute Gasteiger partial charge is 0.356 e. The molecule has 0 saturated carbocycles. The molecule has 10 heteroatoms. The molecule has 0 amide bonds. The standard InChI is InChI=1S/C21H22N6O3S/c1-3-22-21-23-14(2)12-20(25-21)24-15-8-10-16(11-9-15)27-31(28,29)13-18-17-6-4-5-7-19(17)30-26-18/h4-12,27H,3,13H2,1-2H3,(H2,22,23,24,25). The van der Waals surface area contributed by atoms with Crippen molar-refractivity contribution in [2.45, 2.75) is 19.6 Å². The molecule has 0 aliphatic heterocycles. The van der Waals surface area contributed by atoms with Gasteiger partial charge in [-0.25, -0.2) is 13.4 Å². The van der Waals surface area contributed by atoms with Crippen LogP contribution in [0.1, 0.15) is 18.3 Å². The second-order valence-corrected chi connectivity index (χ2v) is 8.66. The van der Waals surface area contributed by atoms with Crippen LogP contribution >= 0.6 is 0 Å². The Balaban J connectivity index is 1.44. The average molecular weight is 439 g/mol. The first-order valence-corrected chi connectivity index (χ1v) is 11.4. The van der Waals surface area contributed by atoms with E-state index in [9.17, 15) is 8.42 Å². The van der Waals surface area contributed by atoms with Crippen LogP contribution < -0.4 is 15.4 Å². The minimum atomic E-state index is -3.66. The van der Waals surface area contributed by atoms with Gasteiger partial charge in [0.1, 0.15) is 17.3 Å². The molecule has 0 saturated heterocycles. The summed E-state index contributed by atoms with van der Waals surface area (Å²) >= 11 is 0. The smallest absolute Gasteiger partial charge is 0.238 e. The number of sulfonamides is 1. The molecule has 0 bridgehead atoms. The summed E-state index contributed by atoms with van der Waals surface area (Å²) in [5.41, 5.74) is 2.98. The van der Waals surface area contributed by atoms with Gasteiger partial charge in [-0.05, 0) is 50.2 Å². The van der Waals surface area contributed by atoms with Gasteiger partial charge in [0.25, 0.3) is 0 Å². The van der Waals surface area contributed by atoms with Crippen LogP contribution in [0.3, 0.4) is 0 Å². The third-order valence-electron chi connectivity index (χ3n) is 4.40. The number of anilines is 4. The number of nitrogens with one attached hydrogen (secondary N) is 3. The normalized spacial score (nSPS) is 11.4. The lowest BCUT2D eigenvalue weighted by molar-refractivity contribution is 0.448. The van der Waals surface area contributed by atoms with Crippen LogP contribution in [0.25, 0.3) is 11.0 Å². The number of aryl methyl sites for hydroxylation is 1. The summed E-state index contributed by atoms with van der Waals surface area (Å²) in [4.78, 5) is 8.72. The van der Waals surface area contributed by atoms with Crippen molar-refractivity contribution in [1.29, 1.82) is 0 Å². The topological polar surface area (TPSA) is 122 Å². The molecule has 0 radical (unpaired) electrons. The van der Waals surface area contributed by atoms with Crippen LogP contribution in [-0.2, 0) is 15.8 Å². The molecule has 0 aliphatic rings. The highest BCUT2D eigenvalue weighted by Crippen LogP contribution is 2.22. The van der Waals surface area contributed by atoms with Crippen molar-refractivity contribution in [3.8, 4) is 0 Å². The van der Waals surface area contributed by atoms with Crippen molar-refractivity contribution in [2.24, 2.45) is 0 Å². The first kappa shape index (κ1) is 20.6. The fourth-order valence-electron chi connectivity index (χ4n) is 3.08. The number of hydrogen-bond acceptors (Lipinski definition) is 8. The van der Waals surface area contributed by atoms with E-state index in [4.69, 9.17) is 4.52 Å². The summed E-state index contributed by atoms with van der Waals surface area (Å²) in [6, 6.07) is 15.9. The van der Waals surface area contributed by atoms with Gasteiger partial charge < -0.3 is 15.2 Å². The SMILES string of the molecule is CCNc1nc(C)cc(Nc2ccc(NS(=O)(=O)Cc3noc4ccccc34)cc2)n1. The van der Waals surface area contributed by atoms with Gasteiger partial charge in [-0.3, -0.25) is 4.72 Å². The van der Waals surface area contributed by atoms with Crippen molar-refractivity contribution in [3.63, 3.8) is 0 Å². The maximum atomic E-state index is 12.6. The molecule has 0 fully saturated rings. The van der Waals surface area contributed by atoms with Gasteiger partial charge in [0.15, 0.2) is 5.58 Å². The number of hydrogen-bond donors (Lipinski definition) is 3. The summed E-state index contributed by atoms with van der Waals surface area (Å²) in [5, 5.41) is 10.9. The lowest BCUT2D eigenvalue weighted by atomic mass is 10.2. The Labute approximate surface area is 180 Å². The van der Waals surface area contributed by atoms with Crippen molar-refractivity contribution in [2.75, 3.05) is 21.9 Å². The molecule has 0 atom stereocenters. The van der Waals surface area contributed by atoms with Gasteiger partial charge in [0.2, 0.25) is 16.0 Å². The Bertz CT molecular complexity index is 1300. The van der Waals surface area contributed by atoms with Crippen molar-refractivity contribution >= 4 is 44.1 Å². The summed E-state index contributed by atoms with van der Waals surface area (Å²) in [6.07, 6.45) is 0. The molecule has 0 spiro atoms. The molecule has 2 aromatic heterocycles. The molecule has 31 heavy (non-hydrogen) atoms. The molecule has 9 nitrogen and oxygen atoms in total. The highest BCUT2D eigenvalue weighted by molar-refractivity contribution is 7.91. The maximum absolute atomic E-state index is 12.6. The number of benzene rings is 2. The van der Waals surface area contributed by atoms with Gasteiger partial charge in [0, 0.05) is 35.1 Å². The van der Waals surface area contributed by atoms with Gasteiger partial charge in [-0.15, -0.1) is 0 Å². The van der Waals surface area contributed by atoms with E-state index in [-0.39, 0.29) is 5.75 Å². The second-order valence-electron chi connectivity index (χ2n) is 6.94. The van der Waals surface area contributed by atoms with E-state index in [0.717, 1.165) is 17.9 Å². The Kier molecular flexibility index (Phi) is 5.72. The van der Waals surface area contributed by atoms with Gasteiger partial charge >= 0.3 is 0 Å². The van der Waals surface area contributed by atoms with Crippen LogP contribution in [0.5, 0.6) is 0 Å². The molecule has 2 aromatic carbocycles. The molecule has 3 N–H and O–H groups in total. The van der Waals surface area contributed by atoms with E-state index in [0.29, 0.717) is 34.1 Å². The molecule has 160 valence electrons. The lowest BCUT2D eigenvalue weighted by Gasteiger charge is -2.11. The van der Waals surface area contributed by atoms with E-state index < -0.39 is 10.0 Å². The zero-order valence-electron chi connectivity index (χ0n) is 17.1. The number of nitrogens with zero attached hydrogens (tertiary/aromatic N) is 3. The quantitative estimate of drug-likeness (QED) is 0.377. The van der Waals surface area contributed by atoms with E-state index in [1.807, 2.05) is 32.0 Å². The Morgan fingerprint density at radius 2 is 1.74 bits per heavy atom. The number of aromatic nitrogens is 3. The van der Waals surface area contributed by atoms with Crippen LogP contribution in [0, 0.1) is 6.92 Å². The Hall–Kier alpha value is -3.66. The van der Waals surface area contributed by atoms with E-state index in [1.54, 1.807) is 36.4 Å². The van der Waals surface area contributed by atoms with E-state index in [1.165, 1.54) is 0 Å². The number of rotatable bonds is 8. The molecular formula is C21H22N6O3S. The lowest BCUT2D eigenvalue weighted by Crippen LogP contribution is -2.15.